The first-order chi connectivity index (χ1) is 11.6. The number of pyridine rings is 1. The van der Waals surface area contributed by atoms with E-state index < -0.39 is 0 Å². The number of nitrogens with zero attached hydrogens (tertiary/aromatic N) is 4. The zero-order valence-electron chi connectivity index (χ0n) is 14.4. The lowest BCUT2D eigenvalue weighted by Gasteiger charge is -2.23. The molecule has 0 bridgehead atoms. The van der Waals surface area contributed by atoms with Crippen LogP contribution in [0, 0.1) is 16.7 Å². The van der Waals surface area contributed by atoms with Gasteiger partial charge in [0, 0.05) is 26.2 Å². The van der Waals surface area contributed by atoms with Crippen LogP contribution in [0.5, 0.6) is 0 Å². The molecular weight excluding hydrogens is 320 g/mol. The van der Waals surface area contributed by atoms with E-state index in [1.165, 1.54) is 11.8 Å². The Balaban J connectivity index is 1.67. The third kappa shape index (κ3) is 3.15. The van der Waals surface area contributed by atoms with E-state index in [-0.39, 0.29) is 5.41 Å². The Morgan fingerprint density at radius 1 is 1.38 bits per heavy atom. The van der Waals surface area contributed by atoms with Crippen molar-refractivity contribution in [1.82, 2.24) is 14.8 Å². The molecule has 1 aromatic heterocycles. The molecule has 1 amide bonds. The fourth-order valence-electron chi connectivity index (χ4n) is 3.88. The van der Waals surface area contributed by atoms with Gasteiger partial charge >= 0.3 is 0 Å². The third-order valence-electron chi connectivity index (χ3n) is 5.14. The molecule has 0 N–H and O–H groups in total. The van der Waals surface area contributed by atoms with Crippen molar-refractivity contribution >= 4 is 17.7 Å². The SMILES string of the molecule is CCCN1CCC2(CCN(Cc3ccc(C#N)c(SC)n3)C2)C1=O. The predicted octanol–water partition coefficient (Wildman–Crippen LogP) is 2.51. The van der Waals surface area contributed by atoms with E-state index >= 15 is 0 Å². The number of carbonyl (C=O) groups is 1. The van der Waals surface area contributed by atoms with Crippen molar-refractivity contribution in [2.75, 3.05) is 32.4 Å². The lowest BCUT2D eigenvalue weighted by molar-refractivity contribution is -0.135. The van der Waals surface area contributed by atoms with Crippen LogP contribution in [0.25, 0.3) is 0 Å². The largest absolute Gasteiger partial charge is 0.342 e. The molecule has 2 aliphatic rings. The zero-order valence-corrected chi connectivity index (χ0v) is 15.2. The highest BCUT2D eigenvalue weighted by Crippen LogP contribution is 2.41. The van der Waals surface area contributed by atoms with E-state index in [4.69, 9.17) is 5.26 Å². The Kier molecular flexibility index (Phi) is 5.12. The molecule has 128 valence electrons. The van der Waals surface area contributed by atoms with Gasteiger partial charge in [0.1, 0.15) is 11.1 Å². The minimum atomic E-state index is -0.163. The number of hydrogen-bond donors (Lipinski definition) is 0. The van der Waals surface area contributed by atoms with Crippen LogP contribution in [0.3, 0.4) is 0 Å². The number of rotatable bonds is 5. The minimum absolute atomic E-state index is 0.163. The van der Waals surface area contributed by atoms with E-state index in [1.54, 1.807) is 0 Å². The summed E-state index contributed by atoms with van der Waals surface area (Å²) in [5, 5.41) is 9.89. The molecule has 1 spiro atoms. The van der Waals surface area contributed by atoms with Gasteiger partial charge in [-0.05, 0) is 44.2 Å². The Morgan fingerprint density at radius 3 is 2.88 bits per heavy atom. The molecule has 1 atom stereocenters. The van der Waals surface area contributed by atoms with Crippen molar-refractivity contribution in [3.8, 4) is 6.07 Å². The number of thioether (sulfide) groups is 1. The summed E-state index contributed by atoms with van der Waals surface area (Å²) in [6.45, 7) is 6.45. The summed E-state index contributed by atoms with van der Waals surface area (Å²) in [4.78, 5) is 21.7. The van der Waals surface area contributed by atoms with Crippen LogP contribution in [-0.2, 0) is 11.3 Å². The minimum Gasteiger partial charge on any atom is -0.342 e. The van der Waals surface area contributed by atoms with Gasteiger partial charge < -0.3 is 4.90 Å². The number of likely N-dealkylation sites (tertiary alicyclic amines) is 2. The van der Waals surface area contributed by atoms with Crippen LogP contribution in [0.15, 0.2) is 17.2 Å². The molecule has 0 aliphatic carbocycles. The number of hydrogen-bond acceptors (Lipinski definition) is 5. The van der Waals surface area contributed by atoms with E-state index in [0.29, 0.717) is 11.5 Å². The van der Waals surface area contributed by atoms with Crippen molar-refractivity contribution < 1.29 is 4.79 Å². The second-order valence-corrected chi connectivity index (χ2v) is 7.55. The van der Waals surface area contributed by atoms with Gasteiger partial charge in [0.05, 0.1) is 16.7 Å². The first kappa shape index (κ1) is 17.2. The quantitative estimate of drug-likeness (QED) is 0.768. The summed E-state index contributed by atoms with van der Waals surface area (Å²) < 4.78 is 0. The summed E-state index contributed by atoms with van der Waals surface area (Å²) in [6.07, 6.45) is 4.91. The molecule has 3 rings (SSSR count). The molecule has 2 fully saturated rings. The second-order valence-electron chi connectivity index (χ2n) is 6.75. The number of nitriles is 1. The van der Waals surface area contributed by atoms with Crippen LogP contribution in [0.1, 0.15) is 37.4 Å². The monoisotopic (exact) mass is 344 g/mol. The molecule has 24 heavy (non-hydrogen) atoms. The van der Waals surface area contributed by atoms with Gasteiger partial charge in [-0.3, -0.25) is 9.69 Å². The summed E-state index contributed by atoms with van der Waals surface area (Å²) in [5.41, 5.74) is 1.45. The Bertz CT molecular complexity index is 671. The van der Waals surface area contributed by atoms with Crippen LogP contribution >= 0.6 is 11.8 Å². The van der Waals surface area contributed by atoms with Gasteiger partial charge in [-0.2, -0.15) is 5.26 Å². The maximum atomic E-state index is 12.7. The molecule has 1 unspecified atom stereocenters. The van der Waals surface area contributed by atoms with Crippen LogP contribution < -0.4 is 0 Å². The third-order valence-corrected chi connectivity index (χ3v) is 5.84. The fraction of sp³-hybridized carbons (Fsp3) is 0.611. The molecule has 6 heteroatoms. The standard InChI is InChI=1S/C18H24N4OS/c1-3-8-22-10-7-18(17(22)23)6-9-21(13-18)12-15-5-4-14(11-19)16(20-15)24-2/h4-5H,3,6-10,12-13H2,1-2H3. The highest BCUT2D eigenvalue weighted by atomic mass is 32.2. The van der Waals surface area contributed by atoms with Crippen LogP contribution in [-0.4, -0.2) is 53.1 Å². The molecule has 2 saturated heterocycles. The van der Waals surface area contributed by atoms with Gasteiger partial charge in [-0.25, -0.2) is 4.98 Å². The van der Waals surface area contributed by atoms with Crippen molar-refractivity contribution in [1.29, 1.82) is 5.26 Å². The van der Waals surface area contributed by atoms with Gasteiger partial charge in [0.15, 0.2) is 0 Å². The van der Waals surface area contributed by atoms with Gasteiger partial charge in [0.2, 0.25) is 5.91 Å². The smallest absolute Gasteiger partial charge is 0.230 e. The van der Waals surface area contributed by atoms with Crippen LogP contribution in [0.4, 0.5) is 0 Å². The van der Waals surface area contributed by atoms with E-state index in [2.05, 4.69) is 22.9 Å². The molecule has 0 aromatic carbocycles. The lowest BCUT2D eigenvalue weighted by Crippen LogP contribution is -2.37. The Hall–Kier alpha value is -1.58. The first-order valence-corrected chi connectivity index (χ1v) is 9.80. The number of carbonyl (C=O) groups excluding carboxylic acids is 1. The highest BCUT2D eigenvalue weighted by Gasteiger charge is 2.50. The summed E-state index contributed by atoms with van der Waals surface area (Å²) >= 11 is 1.50. The topological polar surface area (TPSA) is 60.2 Å². The van der Waals surface area contributed by atoms with Gasteiger partial charge in [-0.15, -0.1) is 11.8 Å². The molecular formula is C18H24N4OS. The zero-order chi connectivity index (χ0) is 17.2. The molecule has 3 heterocycles. The average molecular weight is 344 g/mol. The Labute approximate surface area is 148 Å². The van der Waals surface area contributed by atoms with Crippen molar-refractivity contribution in [3.05, 3.63) is 23.4 Å². The Morgan fingerprint density at radius 2 is 2.17 bits per heavy atom. The highest BCUT2D eigenvalue weighted by molar-refractivity contribution is 7.98. The maximum Gasteiger partial charge on any atom is 0.230 e. The van der Waals surface area contributed by atoms with E-state index in [1.807, 2.05) is 23.3 Å². The number of aromatic nitrogens is 1. The number of amides is 1. The van der Waals surface area contributed by atoms with Gasteiger partial charge in [0.25, 0.3) is 0 Å². The van der Waals surface area contributed by atoms with E-state index in [9.17, 15) is 4.79 Å². The van der Waals surface area contributed by atoms with Gasteiger partial charge in [-0.1, -0.05) is 6.92 Å². The van der Waals surface area contributed by atoms with Crippen molar-refractivity contribution in [3.63, 3.8) is 0 Å². The normalized spacial score (nSPS) is 24.0. The molecule has 1 aromatic rings. The molecule has 2 aliphatic heterocycles. The van der Waals surface area contributed by atoms with Crippen molar-refractivity contribution in [2.24, 2.45) is 5.41 Å². The predicted molar refractivity (Wildman–Crippen MR) is 94.5 cm³/mol. The molecule has 5 nitrogen and oxygen atoms in total. The first-order valence-electron chi connectivity index (χ1n) is 8.57. The maximum absolute atomic E-state index is 12.7. The van der Waals surface area contributed by atoms with Crippen LogP contribution in [0.2, 0.25) is 0 Å². The average Bonchev–Trinajstić information content (AvgIpc) is 3.14. The van der Waals surface area contributed by atoms with Crippen molar-refractivity contribution in [2.45, 2.75) is 37.8 Å². The summed E-state index contributed by atoms with van der Waals surface area (Å²) in [5.74, 6) is 0.351. The van der Waals surface area contributed by atoms with E-state index in [0.717, 1.165) is 62.7 Å². The fourth-order valence-corrected chi connectivity index (χ4v) is 4.43. The summed E-state index contributed by atoms with van der Waals surface area (Å²) in [7, 11) is 0. The lowest BCUT2D eigenvalue weighted by atomic mass is 9.85. The summed E-state index contributed by atoms with van der Waals surface area (Å²) in [6, 6.07) is 5.97. The molecule has 0 saturated carbocycles. The molecule has 0 radical (unpaired) electrons. The second kappa shape index (κ2) is 7.12.